The van der Waals surface area contributed by atoms with E-state index in [2.05, 4.69) is 44.3 Å². The Bertz CT molecular complexity index is 1000. The van der Waals surface area contributed by atoms with Gasteiger partial charge in [0.25, 0.3) is 0 Å². The number of rotatable bonds is 9. The van der Waals surface area contributed by atoms with Crippen LogP contribution in [-0.4, -0.2) is 65.1 Å². The molecule has 1 unspecified atom stereocenters. The molecule has 1 atom stereocenters. The van der Waals surface area contributed by atoms with E-state index in [9.17, 15) is 4.79 Å². The van der Waals surface area contributed by atoms with Crippen LogP contribution in [0.5, 0.6) is 0 Å². The maximum absolute atomic E-state index is 13.1. The van der Waals surface area contributed by atoms with E-state index in [0.29, 0.717) is 24.1 Å². The van der Waals surface area contributed by atoms with Gasteiger partial charge in [0.15, 0.2) is 5.82 Å². The first-order chi connectivity index (χ1) is 15.6. The average Bonchev–Trinajstić information content (AvgIpc) is 3.50. The molecule has 2 heterocycles. The van der Waals surface area contributed by atoms with Gasteiger partial charge in [-0.05, 0) is 30.5 Å². The minimum atomic E-state index is 0.0632. The monoisotopic (exact) mass is 451 g/mol. The normalized spacial score (nSPS) is 15.6. The number of nitrogens with zero attached hydrogens (tertiary/aromatic N) is 4. The molecule has 7 nitrogen and oxygen atoms in total. The van der Waals surface area contributed by atoms with Crippen molar-refractivity contribution in [3.05, 3.63) is 60.2 Å². The number of benzene rings is 2. The van der Waals surface area contributed by atoms with E-state index in [0.717, 1.165) is 36.3 Å². The van der Waals surface area contributed by atoms with Crippen molar-refractivity contribution >= 4 is 23.4 Å². The van der Waals surface area contributed by atoms with Crippen LogP contribution in [0.15, 0.2) is 59.8 Å². The number of carbonyl (C=O) groups is 1. The Morgan fingerprint density at radius 2 is 1.94 bits per heavy atom. The summed E-state index contributed by atoms with van der Waals surface area (Å²) < 4.78 is 5.80. The SMILES string of the molecule is CN(C)c1ccc(CN(CC2CCCO2)C(=O)CSc2n[nH]c(-c3ccccc3)n2)cc1. The topological polar surface area (TPSA) is 74.3 Å². The zero-order valence-electron chi connectivity index (χ0n) is 18.5. The van der Waals surface area contributed by atoms with Gasteiger partial charge in [-0.3, -0.25) is 9.89 Å². The summed E-state index contributed by atoms with van der Waals surface area (Å²) in [5, 5.41) is 7.79. The number of ether oxygens (including phenoxy) is 1. The lowest BCUT2D eigenvalue weighted by Gasteiger charge is -2.25. The van der Waals surface area contributed by atoms with Crippen LogP contribution in [0.3, 0.4) is 0 Å². The third kappa shape index (κ3) is 5.89. The zero-order valence-corrected chi connectivity index (χ0v) is 19.3. The van der Waals surface area contributed by atoms with Gasteiger partial charge in [-0.1, -0.05) is 54.2 Å². The molecule has 0 aliphatic carbocycles. The fourth-order valence-corrected chi connectivity index (χ4v) is 4.36. The molecular formula is C24H29N5O2S. The highest BCUT2D eigenvalue weighted by molar-refractivity contribution is 7.99. The predicted octanol–water partition coefficient (Wildman–Crippen LogP) is 3.84. The van der Waals surface area contributed by atoms with E-state index in [1.54, 1.807) is 0 Å². The van der Waals surface area contributed by atoms with E-state index < -0.39 is 0 Å². The lowest BCUT2D eigenvalue weighted by Crippen LogP contribution is -2.38. The van der Waals surface area contributed by atoms with Crippen LogP contribution in [0.2, 0.25) is 0 Å². The van der Waals surface area contributed by atoms with Crippen molar-refractivity contribution in [3.63, 3.8) is 0 Å². The number of thioether (sulfide) groups is 1. The molecule has 8 heteroatoms. The molecule has 0 radical (unpaired) electrons. The molecule has 0 bridgehead atoms. The first-order valence-electron chi connectivity index (χ1n) is 10.8. The molecule has 168 valence electrons. The van der Waals surface area contributed by atoms with Crippen LogP contribution in [0.4, 0.5) is 5.69 Å². The standard InChI is InChI=1S/C24H29N5O2S/c1-28(2)20-12-10-18(11-13-20)15-29(16-21-9-6-14-31-21)22(30)17-32-24-25-23(26-27-24)19-7-4-3-5-8-19/h3-5,7-8,10-13,21H,6,9,14-17H2,1-2H3,(H,25,26,27). The first-order valence-corrected chi connectivity index (χ1v) is 11.8. The average molecular weight is 452 g/mol. The number of anilines is 1. The second-order valence-corrected chi connectivity index (χ2v) is 9.03. The fraction of sp³-hybridized carbons (Fsp3) is 0.375. The Balaban J connectivity index is 1.40. The first kappa shape index (κ1) is 22.4. The zero-order chi connectivity index (χ0) is 22.3. The maximum atomic E-state index is 13.1. The summed E-state index contributed by atoms with van der Waals surface area (Å²) in [7, 11) is 4.04. The number of aromatic amines is 1. The predicted molar refractivity (Wildman–Crippen MR) is 128 cm³/mol. The summed E-state index contributed by atoms with van der Waals surface area (Å²) in [6.07, 6.45) is 2.16. The molecule has 1 aliphatic heterocycles. The third-order valence-corrected chi connectivity index (χ3v) is 6.30. The number of carbonyl (C=O) groups excluding carboxylic acids is 1. The number of aromatic nitrogens is 3. The van der Waals surface area contributed by atoms with Crippen LogP contribution in [0.1, 0.15) is 18.4 Å². The lowest BCUT2D eigenvalue weighted by molar-refractivity contribution is -0.130. The molecule has 1 fully saturated rings. The number of hydrogen-bond donors (Lipinski definition) is 1. The smallest absolute Gasteiger partial charge is 0.233 e. The molecule has 1 amide bonds. The van der Waals surface area contributed by atoms with Gasteiger partial charge in [0.05, 0.1) is 11.9 Å². The van der Waals surface area contributed by atoms with Crippen molar-refractivity contribution < 1.29 is 9.53 Å². The van der Waals surface area contributed by atoms with Crippen molar-refractivity contribution in [1.29, 1.82) is 0 Å². The van der Waals surface area contributed by atoms with Crippen LogP contribution in [0, 0.1) is 0 Å². The minimum absolute atomic E-state index is 0.0632. The number of H-pyrrole nitrogens is 1. The molecule has 32 heavy (non-hydrogen) atoms. The Morgan fingerprint density at radius 3 is 2.62 bits per heavy atom. The van der Waals surface area contributed by atoms with Crippen molar-refractivity contribution in [1.82, 2.24) is 20.1 Å². The van der Waals surface area contributed by atoms with Gasteiger partial charge >= 0.3 is 0 Å². The van der Waals surface area contributed by atoms with Gasteiger partial charge in [0.2, 0.25) is 11.1 Å². The molecule has 4 rings (SSSR count). The summed E-state index contributed by atoms with van der Waals surface area (Å²) in [6.45, 7) is 1.95. The Hall–Kier alpha value is -2.84. The molecule has 1 aliphatic rings. The van der Waals surface area contributed by atoms with Gasteiger partial charge in [-0.25, -0.2) is 4.98 Å². The minimum Gasteiger partial charge on any atom is -0.378 e. The molecule has 3 aromatic rings. The molecule has 1 saturated heterocycles. The number of amides is 1. The van der Waals surface area contributed by atoms with E-state index in [1.807, 2.05) is 49.3 Å². The summed E-state index contributed by atoms with van der Waals surface area (Å²) in [4.78, 5) is 21.6. The van der Waals surface area contributed by atoms with Crippen LogP contribution in [-0.2, 0) is 16.1 Å². The summed E-state index contributed by atoms with van der Waals surface area (Å²) in [5.41, 5.74) is 3.22. The Labute approximate surface area is 193 Å². The number of hydrogen-bond acceptors (Lipinski definition) is 6. The van der Waals surface area contributed by atoms with Crippen molar-refractivity contribution in [2.24, 2.45) is 0 Å². The third-order valence-electron chi connectivity index (χ3n) is 5.46. The fourth-order valence-electron chi connectivity index (χ4n) is 3.66. The summed E-state index contributed by atoms with van der Waals surface area (Å²) >= 11 is 1.36. The van der Waals surface area contributed by atoms with Gasteiger partial charge < -0.3 is 14.5 Å². The Kier molecular flexibility index (Phi) is 7.44. The van der Waals surface area contributed by atoms with Gasteiger partial charge in [-0.2, -0.15) is 0 Å². The van der Waals surface area contributed by atoms with Gasteiger partial charge in [-0.15, -0.1) is 5.10 Å². The van der Waals surface area contributed by atoms with E-state index in [-0.39, 0.29) is 17.8 Å². The highest BCUT2D eigenvalue weighted by Gasteiger charge is 2.23. The van der Waals surface area contributed by atoms with Crippen LogP contribution >= 0.6 is 11.8 Å². The highest BCUT2D eigenvalue weighted by atomic mass is 32.2. The van der Waals surface area contributed by atoms with Crippen molar-refractivity contribution in [2.75, 3.05) is 37.9 Å². The second kappa shape index (κ2) is 10.7. The molecular weight excluding hydrogens is 422 g/mol. The van der Waals surface area contributed by atoms with Gasteiger partial charge in [0, 0.05) is 45.0 Å². The number of nitrogens with one attached hydrogen (secondary N) is 1. The molecule has 1 aromatic heterocycles. The quantitative estimate of drug-likeness (QED) is 0.499. The van der Waals surface area contributed by atoms with E-state index in [1.165, 1.54) is 11.8 Å². The van der Waals surface area contributed by atoms with Crippen LogP contribution < -0.4 is 4.90 Å². The highest BCUT2D eigenvalue weighted by Crippen LogP contribution is 2.21. The van der Waals surface area contributed by atoms with Crippen molar-refractivity contribution in [2.45, 2.75) is 30.6 Å². The van der Waals surface area contributed by atoms with Crippen molar-refractivity contribution in [3.8, 4) is 11.4 Å². The summed E-state index contributed by atoms with van der Waals surface area (Å²) in [5.74, 6) is 1.06. The van der Waals surface area contributed by atoms with E-state index in [4.69, 9.17) is 4.74 Å². The van der Waals surface area contributed by atoms with Crippen LogP contribution in [0.25, 0.3) is 11.4 Å². The van der Waals surface area contributed by atoms with Gasteiger partial charge in [0.1, 0.15) is 0 Å². The second-order valence-electron chi connectivity index (χ2n) is 8.09. The molecule has 0 spiro atoms. The molecule has 0 saturated carbocycles. The lowest BCUT2D eigenvalue weighted by atomic mass is 10.1. The van der Waals surface area contributed by atoms with E-state index >= 15 is 0 Å². The molecule has 1 N–H and O–H groups in total. The summed E-state index contributed by atoms with van der Waals surface area (Å²) in [6, 6.07) is 18.2. The maximum Gasteiger partial charge on any atom is 0.233 e. The molecule has 2 aromatic carbocycles. The largest absolute Gasteiger partial charge is 0.378 e. The Morgan fingerprint density at radius 1 is 1.16 bits per heavy atom.